The van der Waals surface area contributed by atoms with Gasteiger partial charge in [-0.05, 0) is 47.8 Å². The Kier molecular flexibility index (Phi) is 5.56. The van der Waals surface area contributed by atoms with Gasteiger partial charge in [-0.2, -0.15) is 0 Å². The van der Waals surface area contributed by atoms with Crippen molar-refractivity contribution in [3.05, 3.63) is 22.9 Å². The minimum Gasteiger partial charge on any atom is -0.492 e. The lowest BCUT2D eigenvalue weighted by molar-refractivity contribution is 0.304. The Balaban J connectivity index is 2.18. The second-order valence-electron chi connectivity index (χ2n) is 3.04. The van der Waals surface area contributed by atoms with Crippen LogP contribution in [0.1, 0.15) is 19.3 Å². The number of halogens is 1. The number of ether oxygens (including phenoxy) is 1. The van der Waals surface area contributed by atoms with Crippen molar-refractivity contribution in [3.63, 3.8) is 0 Å². The van der Waals surface area contributed by atoms with Crippen LogP contribution >= 0.6 is 15.9 Å². The van der Waals surface area contributed by atoms with E-state index in [1.807, 2.05) is 6.07 Å². The average Bonchev–Trinajstić information content (AvgIpc) is 2.18. The first kappa shape index (κ1) is 11.5. The van der Waals surface area contributed by atoms with E-state index in [2.05, 4.69) is 20.9 Å². The van der Waals surface area contributed by atoms with Crippen LogP contribution in [0, 0.1) is 0 Å². The zero-order valence-electron chi connectivity index (χ0n) is 8.08. The van der Waals surface area contributed by atoms with Gasteiger partial charge >= 0.3 is 0 Å². The molecule has 0 amide bonds. The van der Waals surface area contributed by atoms with Gasteiger partial charge in [0, 0.05) is 10.7 Å². The van der Waals surface area contributed by atoms with E-state index in [4.69, 9.17) is 10.5 Å². The van der Waals surface area contributed by atoms with Crippen LogP contribution in [0.25, 0.3) is 0 Å². The fraction of sp³-hybridized carbons (Fsp3) is 0.500. The molecule has 4 heteroatoms. The molecule has 0 aliphatic rings. The molecule has 2 N–H and O–H groups in total. The number of pyridine rings is 1. The highest BCUT2D eigenvalue weighted by Gasteiger charge is 1.95. The average molecular weight is 259 g/mol. The molecule has 0 radical (unpaired) electrons. The summed E-state index contributed by atoms with van der Waals surface area (Å²) < 4.78 is 6.44. The molecule has 14 heavy (non-hydrogen) atoms. The summed E-state index contributed by atoms with van der Waals surface area (Å²) in [5.41, 5.74) is 5.38. The van der Waals surface area contributed by atoms with Gasteiger partial charge in [0.1, 0.15) is 5.75 Å². The molecule has 78 valence electrons. The van der Waals surface area contributed by atoms with Crippen LogP contribution in [0.5, 0.6) is 5.75 Å². The third kappa shape index (κ3) is 4.58. The van der Waals surface area contributed by atoms with Crippen molar-refractivity contribution < 1.29 is 4.74 Å². The Hall–Kier alpha value is -0.610. The molecule has 0 saturated carbocycles. The first-order valence-electron chi connectivity index (χ1n) is 4.76. The topological polar surface area (TPSA) is 48.1 Å². The minimum atomic E-state index is 0.734. The normalized spacial score (nSPS) is 10.1. The highest BCUT2D eigenvalue weighted by atomic mass is 79.9. The number of rotatable bonds is 6. The third-order valence-electron chi connectivity index (χ3n) is 1.80. The molecule has 1 rings (SSSR count). The Morgan fingerprint density at radius 1 is 1.29 bits per heavy atom. The van der Waals surface area contributed by atoms with E-state index in [0.29, 0.717) is 0 Å². The predicted octanol–water partition coefficient (Wildman–Crippen LogP) is 2.35. The molecule has 1 heterocycles. The molecule has 0 aliphatic heterocycles. The maximum absolute atomic E-state index is 5.50. The van der Waals surface area contributed by atoms with E-state index in [1.165, 1.54) is 0 Å². The van der Waals surface area contributed by atoms with Crippen LogP contribution in [0.2, 0.25) is 0 Å². The molecule has 0 spiro atoms. The van der Waals surface area contributed by atoms with E-state index in [1.54, 1.807) is 12.4 Å². The molecule has 0 bridgehead atoms. The molecule has 0 fully saturated rings. The fourth-order valence-corrected chi connectivity index (χ4v) is 1.43. The molecule has 1 aromatic rings. The molecule has 0 saturated heterocycles. The number of nitrogens with two attached hydrogens (primary N) is 1. The van der Waals surface area contributed by atoms with Crippen LogP contribution in [0.3, 0.4) is 0 Å². The number of hydrogen-bond acceptors (Lipinski definition) is 3. The van der Waals surface area contributed by atoms with Crippen LogP contribution in [-0.4, -0.2) is 18.1 Å². The quantitative estimate of drug-likeness (QED) is 0.798. The lowest BCUT2D eigenvalue weighted by Crippen LogP contribution is -2.01. The second-order valence-corrected chi connectivity index (χ2v) is 3.95. The summed E-state index contributed by atoms with van der Waals surface area (Å²) in [5.74, 6) is 0.812. The zero-order valence-corrected chi connectivity index (χ0v) is 9.66. The molecular weight excluding hydrogens is 244 g/mol. The second kappa shape index (κ2) is 6.79. The lowest BCUT2D eigenvalue weighted by Gasteiger charge is -2.05. The van der Waals surface area contributed by atoms with Crippen LogP contribution in [-0.2, 0) is 0 Å². The van der Waals surface area contributed by atoms with E-state index < -0.39 is 0 Å². The Morgan fingerprint density at radius 3 is 2.86 bits per heavy atom. The minimum absolute atomic E-state index is 0.734. The van der Waals surface area contributed by atoms with Crippen molar-refractivity contribution in [2.75, 3.05) is 13.2 Å². The van der Waals surface area contributed by atoms with E-state index >= 15 is 0 Å². The highest BCUT2D eigenvalue weighted by Crippen LogP contribution is 2.15. The lowest BCUT2D eigenvalue weighted by atomic mass is 10.2. The van der Waals surface area contributed by atoms with E-state index in [9.17, 15) is 0 Å². The Bertz CT molecular complexity index is 268. The summed E-state index contributed by atoms with van der Waals surface area (Å²) in [7, 11) is 0. The molecule has 0 atom stereocenters. The zero-order chi connectivity index (χ0) is 10.2. The van der Waals surface area contributed by atoms with E-state index in [0.717, 1.165) is 42.6 Å². The van der Waals surface area contributed by atoms with E-state index in [-0.39, 0.29) is 0 Å². The first-order valence-corrected chi connectivity index (χ1v) is 5.55. The van der Waals surface area contributed by atoms with Gasteiger partial charge in [0.2, 0.25) is 0 Å². The van der Waals surface area contributed by atoms with Crippen LogP contribution in [0.15, 0.2) is 22.9 Å². The monoisotopic (exact) mass is 258 g/mol. The van der Waals surface area contributed by atoms with Crippen LogP contribution in [0.4, 0.5) is 0 Å². The van der Waals surface area contributed by atoms with Crippen molar-refractivity contribution in [1.82, 2.24) is 4.98 Å². The third-order valence-corrected chi connectivity index (χ3v) is 2.23. The van der Waals surface area contributed by atoms with Gasteiger partial charge in [0.05, 0.1) is 12.8 Å². The number of nitrogens with zero attached hydrogens (tertiary/aromatic N) is 1. The molecular formula is C10H15BrN2O. The van der Waals surface area contributed by atoms with Gasteiger partial charge in [0.25, 0.3) is 0 Å². The smallest absolute Gasteiger partial charge is 0.138 e. The molecule has 3 nitrogen and oxygen atoms in total. The predicted molar refractivity (Wildman–Crippen MR) is 60.3 cm³/mol. The Morgan fingerprint density at radius 2 is 2.14 bits per heavy atom. The maximum atomic E-state index is 5.50. The van der Waals surface area contributed by atoms with Gasteiger partial charge in [-0.25, -0.2) is 0 Å². The van der Waals surface area contributed by atoms with Gasteiger partial charge in [0.15, 0.2) is 0 Å². The molecule has 1 aromatic heterocycles. The summed E-state index contributed by atoms with van der Waals surface area (Å²) in [6.45, 7) is 1.50. The molecule has 0 aromatic carbocycles. The molecule has 0 unspecified atom stereocenters. The SMILES string of the molecule is NCCCCCOc1cncc(Br)c1. The summed E-state index contributed by atoms with van der Waals surface area (Å²) in [6.07, 6.45) is 6.69. The maximum Gasteiger partial charge on any atom is 0.138 e. The largest absolute Gasteiger partial charge is 0.492 e. The number of unbranched alkanes of at least 4 members (excludes halogenated alkanes) is 2. The van der Waals surface area contributed by atoms with Gasteiger partial charge in [-0.15, -0.1) is 0 Å². The fourth-order valence-electron chi connectivity index (χ4n) is 1.08. The van der Waals surface area contributed by atoms with Gasteiger partial charge in [-0.1, -0.05) is 0 Å². The van der Waals surface area contributed by atoms with Crippen molar-refractivity contribution in [1.29, 1.82) is 0 Å². The standard InChI is InChI=1S/C10H15BrN2O/c11-9-6-10(8-13-7-9)14-5-3-1-2-4-12/h6-8H,1-5,12H2. The van der Waals surface area contributed by atoms with Crippen molar-refractivity contribution in [2.24, 2.45) is 5.73 Å². The van der Waals surface area contributed by atoms with Crippen molar-refractivity contribution in [2.45, 2.75) is 19.3 Å². The van der Waals surface area contributed by atoms with Crippen molar-refractivity contribution in [3.8, 4) is 5.75 Å². The summed E-state index contributed by atoms with van der Waals surface area (Å²) in [4.78, 5) is 4.01. The first-order chi connectivity index (χ1) is 6.83. The van der Waals surface area contributed by atoms with Gasteiger partial charge in [-0.3, -0.25) is 4.98 Å². The summed E-state index contributed by atoms with van der Waals surface area (Å²) >= 11 is 3.34. The van der Waals surface area contributed by atoms with Gasteiger partial charge < -0.3 is 10.5 Å². The molecule has 0 aliphatic carbocycles. The summed E-state index contributed by atoms with van der Waals surface area (Å²) in [5, 5.41) is 0. The number of hydrogen-bond donors (Lipinski definition) is 1. The number of aromatic nitrogens is 1. The summed E-state index contributed by atoms with van der Waals surface area (Å²) in [6, 6.07) is 1.91. The highest BCUT2D eigenvalue weighted by molar-refractivity contribution is 9.10. The van der Waals surface area contributed by atoms with Crippen LogP contribution < -0.4 is 10.5 Å². The Labute approximate surface area is 92.8 Å². The van der Waals surface area contributed by atoms with Crippen molar-refractivity contribution >= 4 is 15.9 Å².